The van der Waals surface area contributed by atoms with Crippen LogP contribution in [-0.2, 0) is 20.4 Å². The Balaban J connectivity index is 1.43. The number of nitrogens with one attached hydrogen (secondary N) is 3. The number of hydrogen-bond acceptors (Lipinski definition) is 5. The summed E-state index contributed by atoms with van der Waals surface area (Å²) in [5, 5.41) is 8.79. The number of rotatable bonds is 6. The first-order valence-electron chi connectivity index (χ1n) is 10.6. The summed E-state index contributed by atoms with van der Waals surface area (Å²) >= 11 is 0. The number of carbonyl (C=O) groups is 2. The molecule has 8 heteroatoms. The second-order valence-electron chi connectivity index (χ2n) is 8.45. The lowest BCUT2D eigenvalue weighted by Crippen LogP contribution is -2.43. The van der Waals surface area contributed by atoms with E-state index < -0.39 is 21.8 Å². The molecule has 0 radical (unpaired) electrons. The van der Waals surface area contributed by atoms with Crippen LogP contribution in [0.2, 0.25) is 0 Å². The number of anilines is 2. The second-order valence-corrected chi connectivity index (χ2v) is 10.6. The van der Waals surface area contributed by atoms with Gasteiger partial charge in [0.1, 0.15) is 6.04 Å². The molecule has 1 atom stereocenters. The largest absolute Gasteiger partial charge is 0.371 e. The Morgan fingerprint density at radius 3 is 2.61 bits per heavy atom. The third-order valence-electron chi connectivity index (χ3n) is 5.77. The molecule has 1 aliphatic carbocycles. The molecule has 164 valence electrons. The van der Waals surface area contributed by atoms with Crippen LogP contribution in [0, 0.1) is 6.92 Å². The fourth-order valence-corrected chi connectivity index (χ4v) is 5.76. The Kier molecular flexibility index (Phi) is 6.00. The maximum absolute atomic E-state index is 12.7. The molecule has 1 saturated carbocycles. The van der Waals surface area contributed by atoms with Gasteiger partial charge in [-0.25, -0.2) is 8.42 Å². The van der Waals surface area contributed by atoms with Crippen molar-refractivity contribution in [2.45, 2.75) is 50.4 Å². The first kappa shape index (κ1) is 21.4. The van der Waals surface area contributed by atoms with Crippen LogP contribution in [0.25, 0.3) is 0 Å². The van der Waals surface area contributed by atoms with Crippen molar-refractivity contribution < 1.29 is 18.0 Å². The van der Waals surface area contributed by atoms with Crippen molar-refractivity contribution in [3.05, 3.63) is 59.2 Å². The van der Waals surface area contributed by atoms with Crippen molar-refractivity contribution in [2.75, 3.05) is 16.4 Å². The molecule has 2 aromatic carbocycles. The standard InChI is InChI=1S/C23H27N3O4S/c1-15-5-4-6-16(11-15)13-31(29,30)14-21-23(28)26-20-12-17(9-10-19(20)25-21)22(27)24-18-7-2-3-8-18/h4-6,9-12,18,21,25H,2-3,7-8,13-14H2,1H3,(H,24,27)(H,26,28)/t21-/m0/s1. The molecule has 2 aromatic rings. The smallest absolute Gasteiger partial charge is 0.251 e. The highest BCUT2D eigenvalue weighted by molar-refractivity contribution is 7.90. The van der Waals surface area contributed by atoms with E-state index in [1.165, 1.54) is 0 Å². The van der Waals surface area contributed by atoms with E-state index in [2.05, 4.69) is 16.0 Å². The summed E-state index contributed by atoms with van der Waals surface area (Å²) in [4.78, 5) is 25.1. The molecule has 1 fully saturated rings. The zero-order valence-corrected chi connectivity index (χ0v) is 18.3. The highest BCUT2D eigenvalue weighted by atomic mass is 32.2. The Morgan fingerprint density at radius 1 is 1.10 bits per heavy atom. The van der Waals surface area contributed by atoms with Crippen LogP contribution in [0.4, 0.5) is 11.4 Å². The van der Waals surface area contributed by atoms with Crippen molar-refractivity contribution >= 4 is 33.0 Å². The van der Waals surface area contributed by atoms with Gasteiger partial charge >= 0.3 is 0 Å². The summed E-state index contributed by atoms with van der Waals surface area (Å²) < 4.78 is 25.3. The first-order chi connectivity index (χ1) is 14.8. The summed E-state index contributed by atoms with van der Waals surface area (Å²) in [6.07, 6.45) is 4.24. The number of sulfone groups is 1. The lowest BCUT2D eigenvalue weighted by atomic mass is 10.1. The topological polar surface area (TPSA) is 104 Å². The molecule has 2 amide bonds. The molecule has 7 nitrogen and oxygen atoms in total. The fraction of sp³-hybridized carbons (Fsp3) is 0.391. The summed E-state index contributed by atoms with van der Waals surface area (Å²) in [6, 6.07) is 11.7. The van der Waals surface area contributed by atoms with Gasteiger partial charge < -0.3 is 16.0 Å². The Morgan fingerprint density at radius 2 is 1.87 bits per heavy atom. The van der Waals surface area contributed by atoms with Crippen LogP contribution in [-0.4, -0.2) is 38.1 Å². The molecule has 31 heavy (non-hydrogen) atoms. The van der Waals surface area contributed by atoms with E-state index in [-0.39, 0.29) is 23.5 Å². The molecule has 0 saturated heterocycles. The minimum Gasteiger partial charge on any atom is -0.371 e. The second kappa shape index (κ2) is 8.70. The van der Waals surface area contributed by atoms with Crippen LogP contribution in [0.5, 0.6) is 0 Å². The molecule has 0 aromatic heterocycles. The Hall–Kier alpha value is -2.87. The van der Waals surface area contributed by atoms with Crippen molar-refractivity contribution in [1.82, 2.24) is 5.32 Å². The monoisotopic (exact) mass is 441 g/mol. The number of carbonyl (C=O) groups excluding carboxylic acids is 2. The van der Waals surface area contributed by atoms with Crippen LogP contribution in [0.15, 0.2) is 42.5 Å². The zero-order chi connectivity index (χ0) is 22.0. The summed E-state index contributed by atoms with van der Waals surface area (Å²) in [5.74, 6) is -1.01. The number of aryl methyl sites for hydroxylation is 1. The number of fused-ring (bicyclic) bond motifs is 1. The molecule has 1 heterocycles. The van der Waals surface area contributed by atoms with E-state index >= 15 is 0 Å². The van der Waals surface area contributed by atoms with Gasteiger partial charge in [0.15, 0.2) is 9.84 Å². The maximum Gasteiger partial charge on any atom is 0.251 e. The van der Waals surface area contributed by atoms with Gasteiger partial charge in [-0.3, -0.25) is 9.59 Å². The molecule has 0 bridgehead atoms. The minimum absolute atomic E-state index is 0.118. The zero-order valence-electron chi connectivity index (χ0n) is 17.5. The summed E-state index contributed by atoms with van der Waals surface area (Å²) in [5.41, 5.74) is 3.25. The Bertz CT molecular complexity index is 1110. The van der Waals surface area contributed by atoms with Gasteiger partial charge in [-0.2, -0.15) is 0 Å². The van der Waals surface area contributed by atoms with E-state index in [9.17, 15) is 18.0 Å². The highest BCUT2D eigenvalue weighted by Gasteiger charge is 2.31. The normalized spacial score (nSPS) is 18.7. The molecule has 2 aliphatic rings. The quantitative estimate of drug-likeness (QED) is 0.639. The molecule has 0 spiro atoms. The Labute approximate surface area is 182 Å². The van der Waals surface area contributed by atoms with Gasteiger partial charge in [0.2, 0.25) is 5.91 Å². The molecular weight excluding hydrogens is 414 g/mol. The first-order valence-corrected chi connectivity index (χ1v) is 12.4. The minimum atomic E-state index is -3.51. The molecule has 0 unspecified atom stereocenters. The lowest BCUT2D eigenvalue weighted by molar-refractivity contribution is -0.116. The molecule has 4 rings (SSSR count). The van der Waals surface area contributed by atoms with Crippen molar-refractivity contribution in [3.63, 3.8) is 0 Å². The summed E-state index contributed by atoms with van der Waals surface area (Å²) in [7, 11) is -3.51. The van der Waals surface area contributed by atoms with E-state index in [0.29, 0.717) is 22.5 Å². The van der Waals surface area contributed by atoms with E-state index in [1.807, 2.05) is 25.1 Å². The van der Waals surface area contributed by atoms with Gasteiger partial charge in [-0.1, -0.05) is 42.7 Å². The van der Waals surface area contributed by atoms with E-state index in [0.717, 1.165) is 31.2 Å². The van der Waals surface area contributed by atoms with Crippen molar-refractivity contribution in [2.24, 2.45) is 0 Å². The number of amides is 2. The third-order valence-corrected chi connectivity index (χ3v) is 7.38. The fourth-order valence-electron chi connectivity index (χ4n) is 4.21. The molecule has 1 aliphatic heterocycles. The van der Waals surface area contributed by atoms with Gasteiger partial charge in [-0.15, -0.1) is 0 Å². The predicted molar refractivity (Wildman–Crippen MR) is 121 cm³/mol. The van der Waals surface area contributed by atoms with Crippen LogP contribution in [0.1, 0.15) is 47.2 Å². The molecule has 3 N–H and O–H groups in total. The van der Waals surface area contributed by atoms with Crippen molar-refractivity contribution in [3.8, 4) is 0 Å². The maximum atomic E-state index is 12.7. The predicted octanol–water partition coefficient (Wildman–Crippen LogP) is 3.02. The van der Waals surface area contributed by atoms with Crippen LogP contribution < -0.4 is 16.0 Å². The SMILES string of the molecule is Cc1cccc(CS(=O)(=O)C[C@@H]2Nc3ccc(C(=O)NC4CCCC4)cc3NC2=O)c1. The van der Waals surface area contributed by atoms with Gasteiger partial charge in [0, 0.05) is 11.6 Å². The number of benzene rings is 2. The third kappa shape index (κ3) is 5.25. The van der Waals surface area contributed by atoms with Gasteiger partial charge in [-0.05, 0) is 43.5 Å². The van der Waals surface area contributed by atoms with Gasteiger partial charge in [0.05, 0.1) is 22.9 Å². The van der Waals surface area contributed by atoms with E-state index in [1.54, 1.807) is 24.3 Å². The lowest BCUT2D eigenvalue weighted by Gasteiger charge is -2.27. The molecular formula is C23H27N3O4S. The average Bonchev–Trinajstić information content (AvgIpc) is 3.20. The van der Waals surface area contributed by atoms with Crippen molar-refractivity contribution in [1.29, 1.82) is 0 Å². The summed E-state index contributed by atoms with van der Waals surface area (Å²) in [6.45, 7) is 1.91. The average molecular weight is 442 g/mol. The number of hydrogen-bond donors (Lipinski definition) is 3. The highest BCUT2D eigenvalue weighted by Crippen LogP contribution is 2.29. The van der Waals surface area contributed by atoms with Crippen LogP contribution >= 0.6 is 0 Å². The van der Waals surface area contributed by atoms with Crippen LogP contribution in [0.3, 0.4) is 0 Å². The van der Waals surface area contributed by atoms with E-state index in [4.69, 9.17) is 0 Å². The van der Waals surface area contributed by atoms with Gasteiger partial charge in [0.25, 0.3) is 5.91 Å².